The number of aromatic nitrogens is 2. The summed E-state index contributed by atoms with van der Waals surface area (Å²) in [5, 5.41) is 1.19. The molecular formula is C42H29N3. The average Bonchev–Trinajstić information content (AvgIpc) is 3.26. The number of rotatable bonds is 6. The standard InChI is InChI=1S/C42H29N3/c1-5-13-30(14-6-1)31-21-24-36(25-22-31)45(35-19-11-4-12-20-35)37-26-27-38-34(29-37)23-28-39-42(38)44-41(33-17-9-3-10-18-33)40(43-39)32-15-7-2-8-16-32/h1-29H/i1D,4D,5D,6D,11D,12D,13D,14D,19D,20D,21D,22D,24D,25D. The molecule has 212 valence electrons. The predicted octanol–water partition coefficient (Wildman–Crippen LogP) is 11.3. The van der Waals surface area contributed by atoms with Crippen molar-refractivity contribution in [3.63, 3.8) is 0 Å². The van der Waals surface area contributed by atoms with Crippen LogP contribution in [0.5, 0.6) is 0 Å². The molecule has 0 spiro atoms. The molecule has 0 atom stereocenters. The first-order valence-corrected chi connectivity index (χ1v) is 14.0. The summed E-state index contributed by atoms with van der Waals surface area (Å²) in [7, 11) is 0. The van der Waals surface area contributed by atoms with E-state index >= 15 is 0 Å². The first-order valence-electron chi connectivity index (χ1n) is 21.0. The lowest BCUT2D eigenvalue weighted by Gasteiger charge is -2.26. The van der Waals surface area contributed by atoms with Gasteiger partial charge in [-0.05, 0) is 58.9 Å². The van der Waals surface area contributed by atoms with Crippen molar-refractivity contribution in [2.75, 3.05) is 4.90 Å². The second kappa shape index (κ2) is 11.6. The summed E-state index contributed by atoms with van der Waals surface area (Å²) in [5.74, 6) is 0. The number of hydrogen-bond donors (Lipinski definition) is 0. The molecule has 7 aromatic carbocycles. The van der Waals surface area contributed by atoms with E-state index in [0.29, 0.717) is 33.2 Å². The van der Waals surface area contributed by atoms with Crippen molar-refractivity contribution in [3.8, 4) is 33.6 Å². The molecule has 0 N–H and O–H groups in total. The van der Waals surface area contributed by atoms with Gasteiger partial charge < -0.3 is 4.90 Å². The maximum absolute atomic E-state index is 9.24. The largest absolute Gasteiger partial charge is 0.310 e. The smallest absolute Gasteiger partial charge is 0.0973 e. The van der Waals surface area contributed by atoms with Crippen LogP contribution in [0.25, 0.3) is 55.4 Å². The van der Waals surface area contributed by atoms with Gasteiger partial charge in [0.15, 0.2) is 0 Å². The molecule has 1 heterocycles. The van der Waals surface area contributed by atoms with Crippen LogP contribution in [0.15, 0.2) is 176 Å². The van der Waals surface area contributed by atoms with Crippen LogP contribution in [-0.4, -0.2) is 9.97 Å². The quantitative estimate of drug-likeness (QED) is 0.181. The molecule has 8 aromatic rings. The van der Waals surface area contributed by atoms with Crippen LogP contribution in [0, 0.1) is 0 Å². The van der Waals surface area contributed by atoms with Crippen LogP contribution in [-0.2, 0) is 0 Å². The Labute approximate surface area is 282 Å². The van der Waals surface area contributed by atoms with Gasteiger partial charge in [0.1, 0.15) is 0 Å². The Morgan fingerprint density at radius 2 is 1.02 bits per heavy atom. The number of fused-ring (bicyclic) bond motifs is 3. The van der Waals surface area contributed by atoms with E-state index in [1.54, 1.807) is 30.3 Å². The minimum absolute atomic E-state index is 0.101. The van der Waals surface area contributed by atoms with E-state index in [0.717, 1.165) is 16.0 Å². The zero-order chi connectivity index (χ0) is 42.2. The fraction of sp³-hybridized carbons (Fsp3) is 0. The molecule has 45 heavy (non-hydrogen) atoms. The van der Waals surface area contributed by atoms with E-state index in [4.69, 9.17) is 26.4 Å². The zero-order valence-electron chi connectivity index (χ0n) is 37.5. The lowest BCUT2D eigenvalue weighted by molar-refractivity contribution is 1.28. The summed E-state index contributed by atoms with van der Waals surface area (Å²) in [4.78, 5) is 11.2. The average molecular weight is 590 g/mol. The highest BCUT2D eigenvalue weighted by molar-refractivity contribution is 6.06. The van der Waals surface area contributed by atoms with Gasteiger partial charge >= 0.3 is 0 Å². The van der Waals surface area contributed by atoms with Gasteiger partial charge in [-0.3, -0.25) is 0 Å². The summed E-state index contributed by atoms with van der Waals surface area (Å²) >= 11 is 0. The summed E-state index contributed by atoms with van der Waals surface area (Å²) < 4.78 is 121. The number of anilines is 3. The molecule has 0 aliphatic carbocycles. The maximum atomic E-state index is 9.24. The molecule has 0 aliphatic heterocycles. The highest BCUT2D eigenvalue weighted by atomic mass is 15.1. The third-order valence-corrected chi connectivity index (χ3v) is 7.28. The van der Waals surface area contributed by atoms with Crippen molar-refractivity contribution in [3.05, 3.63) is 176 Å². The highest BCUT2D eigenvalue weighted by Crippen LogP contribution is 2.39. The van der Waals surface area contributed by atoms with Crippen molar-refractivity contribution < 1.29 is 19.2 Å². The van der Waals surface area contributed by atoms with Gasteiger partial charge in [-0.2, -0.15) is 0 Å². The summed E-state index contributed by atoms with van der Waals surface area (Å²) in [6, 6.07) is 17.4. The molecule has 3 heteroatoms. The molecular weight excluding hydrogens is 546 g/mol. The fourth-order valence-corrected chi connectivity index (χ4v) is 5.21. The van der Waals surface area contributed by atoms with Gasteiger partial charge in [0.2, 0.25) is 0 Å². The normalized spacial score (nSPS) is 15.5. The second-order valence-corrected chi connectivity index (χ2v) is 10.0. The van der Waals surface area contributed by atoms with Crippen molar-refractivity contribution in [1.29, 1.82) is 0 Å². The van der Waals surface area contributed by atoms with Gasteiger partial charge in [-0.1, -0.05) is 133 Å². The number of hydrogen-bond acceptors (Lipinski definition) is 3. The molecule has 0 saturated carbocycles. The number of nitrogens with zero attached hydrogens (tertiary/aromatic N) is 3. The van der Waals surface area contributed by atoms with E-state index in [2.05, 4.69) is 0 Å². The highest BCUT2D eigenvalue weighted by Gasteiger charge is 2.17. The third-order valence-electron chi connectivity index (χ3n) is 7.28. The third kappa shape index (κ3) is 5.11. The van der Waals surface area contributed by atoms with E-state index in [1.807, 2.05) is 60.7 Å². The van der Waals surface area contributed by atoms with Crippen molar-refractivity contribution >= 4 is 38.9 Å². The van der Waals surface area contributed by atoms with Crippen molar-refractivity contribution in [1.82, 2.24) is 9.97 Å². The van der Waals surface area contributed by atoms with Gasteiger partial charge in [0.05, 0.1) is 41.6 Å². The van der Waals surface area contributed by atoms with Crippen LogP contribution in [0.3, 0.4) is 0 Å². The Bertz CT molecular complexity index is 2960. The van der Waals surface area contributed by atoms with E-state index in [-0.39, 0.29) is 5.69 Å². The van der Waals surface area contributed by atoms with Gasteiger partial charge in [-0.25, -0.2) is 9.97 Å². The molecule has 8 rings (SSSR count). The molecule has 1 aromatic heterocycles. The van der Waals surface area contributed by atoms with E-state index in [9.17, 15) is 2.74 Å². The zero-order valence-corrected chi connectivity index (χ0v) is 23.5. The van der Waals surface area contributed by atoms with Crippen LogP contribution in [0.2, 0.25) is 0 Å². The first kappa shape index (κ1) is 15.6. The summed E-state index contributed by atoms with van der Waals surface area (Å²) in [6.45, 7) is 0. The Morgan fingerprint density at radius 3 is 1.69 bits per heavy atom. The fourth-order valence-electron chi connectivity index (χ4n) is 5.21. The molecule has 0 saturated heterocycles. The topological polar surface area (TPSA) is 29.0 Å². The Hall–Kier alpha value is -6.06. The molecule has 3 nitrogen and oxygen atoms in total. The van der Waals surface area contributed by atoms with Crippen LogP contribution < -0.4 is 4.90 Å². The molecule has 0 fully saturated rings. The Kier molecular flexibility index (Phi) is 4.01. The van der Waals surface area contributed by atoms with Crippen LogP contribution >= 0.6 is 0 Å². The van der Waals surface area contributed by atoms with Gasteiger partial charge in [-0.15, -0.1) is 0 Å². The molecule has 0 radical (unpaired) electrons. The Balaban J connectivity index is 1.41. The lowest BCUT2D eigenvalue weighted by atomic mass is 10.0. The summed E-state index contributed by atoms with van der Waals surface area (Å²) in [5.41, 5.74) is 2.13. The lowest BCUT2D eigenvalue weighted by Crippen LogP contribution is -2.09. The van der Waals surface area contributed by atoms with Crippen LogP contribution in [0.1, 0.15) is 19.2 Å². The maximum Gasteiger partial charge on any atom is 0.0973 e. The predicted molar refractivity (Wildman–Crippen MR) is 188 cm³/mol. The van der Waals surface area contributed by atoms with Crippen LogP contribution in [0.4, 0.5) is 17.1 Å². The molecule has 0 bridgehead atoms. The molecule has 0 amide bonds. The van der Waals surface area contributed by atoms with Gasteiger partial charge in [0, 0.05) is 33.6 Å². The Morgan fingerprint density at radius 1 is 0.444 bits per heavy atom. The SMILES string of the molecule is [2H]c1c([2H])c([2H])c(-c2c([2H])c([2H])c(N(c3ccc4c(ccc5nc(-c6ccccc6)c(-c6ccccc6)nc54)c3)c3c([2H])c([2H])c([2H])c([2H])c3[2H])c([2H])c2[2H])c([2H])c1[2H]. The van der Waals surface area contributed by atoms with E-state index < -0.39 is 107 Å². The molecule has 0 unspecified atom stereocenters. The summed E-state index contributed by atoms with van der Waals surface area (Å²) in [6.07, 6.45) is 0. The van der Waals surface area contributed by atoms with E-state index in [1.165, 1.54) is 0 Å². The second-order valence-electron chi connectivity index (χ2n) is 10.0. The molecule has 0 aliphatic rings. The van der Waals surface area contributed by atoms with Crippen molar-refractivity contribution in [2.45, 2.75) is 0 Å². The number of para-hydroxylation sites is 1. The van der Waals surface area contributed by atoms with Gasteiger partial charge in [0.25, 0.3) is 0 Å². The minimum Gasteiger partial charge on any atom is -0.310 e. The first-order chi connectivity index (χ1) is 28.1. The minimum atomic E-state index is -0.776. The number of benzene rings is 7. The van der Waals surface area contributed by atoms with Crippen molar-refractivity contribution in [2.24, 2.45) is 0 Å². The monoisotopic (exact) mass is 589 g/mol.